The standard InChI is InChI=1S/C18H15N5O4/c1-12-10-11-19-22(12)15-6-2-13(3-7-15)17(24)20-21-18(25)14-4-8-16(9-5-14)23(26)27/h2-11H,1H3,(H,20,24)(H,21,25). The molecule has 2 amide bonds. The van der Waals surface area contributed by atoms with E-state index in [1.807, 2.05) is 13.0 Å². The molecule has 0 saturated carbocycles. The van der Waals surface area contributed by atoms with Crippen molar-refractivity contribution in [3.63, 3.8) is 0 Å². The van der Waals surface area contributed by atoms with Gasteiger partial charge in [-0.25, -0.2) is 4.68 Å². The molecule has 2 aromatic carbocycles. The number of nitrogens with one attached hydrogen (secondary N) is 2. The Morgan fingerprint density at radius 2 is 1.44 bits per heavy atom. The van der Waals surface area contributed by atoms with E-state index in [1.54, 1.807) is 35.1 Å². The van der Waals surface area contributed by atoms with Gasteiger partial charge in [-0.05, 0) is 49.4 Å². The largest absolute Gasteiger partial charge is 0.269 e. The third-order valence-electron chi connectivity index (χ3n) is 3.84. The molecular weight excluding hydrogens is 350 g/mol. The molecule has 3 rings (SSSR count). The van der Waals surface area contributed by atoms with E-state index in [9.17, 15) is 19.7 Å². The summed E-state index contributed by atoms with van der Waals surface area (Å²) < 4.78 is 1.73. The first-order valence-corrected chi connectivity index (χ1v) is 7.92. The van der Waals surface area contributed by atoms with Crippen molar-refractivity contribution >= 4 is 17.5 Å². The molecule has 0 aliphatic carbocycles. The molecule has 0 unspecified atom stereocenters. The Balaban J connectivity index is 1.61. The highest BCUT2D eigenvalue weighted by Crippen LogP contribution is 2.12. The van der Waals surface area contributed by atoms with Gasteiger partial charge in [-0.1, -0.05) is 0 Å². The number of aromatic nitrogens is 2. The lowest BCUT2D eigenvalue weighted by Crippen LogP contribution is -2.41. The van der Waals surface area contributed by atoms with Gasteiger partial charge < -0.3 is 0 Å². The average Bonchev–Trinajstić information content (AvgIpc) is 3.12. The number of carbonyl (C=O) groups excluding carboxylic acids is 2. The van der Waals surface area contributed by atoms with Crippen LogP contribution in [0.5, 0.6) is 0 Å². The molecule has 136 valence electrons. The fourth-order valence-electron chi connectivity index (χ4n) is 2.39. The maximum absolute atomic E-state index is 12.2. The Bertz CT molecular complexity index is 993. The number of hydrogen-bond donors (Lipinski definition) is 2. The summed E-state index contributed by atoms with van der Waals surface area (Å²) in [4.78, 5) is 34.2. The molecule has 0 radical (unpaired) electrons. The van der Waals surface area contributed by atoms with Crippen molar-refractivity contribution in [2.24, 2.45) is 0 Å². The van der Waals surface area contributed by atoms with Crippen molar-refractivity contribution in [2.45, 2.75) is 6.92 Å². The van der Waals surface area contributed by atoms with Crippen LogP contribution in [0.1, 0.15) is 26.4 Å². The Kier molecular flexibility index (Phi) is 4.93. The lowest BCUT2D eigenvalue weighted by Gasteiger charge is -2.09. The summed E-state index contributed by atoms with van der Waals surface area (Å²) in [5.74, 6) is -1.07. The van der Waals surface area contributed by atoms with Gasteiger partial charge in [0.2, 0.25) is 0 Å². The molecule has 9 heteroatoms. The first-order valence-electron chi connectivity index (χ1n) is 7.92. The lowest BCUT2D eigenvalue weighted by molar-refractivity contribution is -0.384. The average molecular weight is 365 g/mol. The molecular formula is C18H15N5O4. The molecule has 9 nitrogen and oxygen atoms in total. The molecule has 0 bridgehead atoms. The molecule has 2 N–H and O–H groups in total. The van der Waals surface area contributed by atoms with Crippen LogP contribution in [0.25, 0.3) is 5.69 Å². The van der Waals surface area contributed by atoms with E-state index in [-0.39, 0.29) is 11.3 Å². The number of nitro benzene ring substituents is 1. The number of rotatable bonds is 4. The van der Waals surface area contributed by atoms with Gasteiger partial charge in [0.1, 0.15) is 0 Å². The number of hydrogen-bond acceptors (Lipinski definition) is 5. The summed E-state index contributed by atoms with van der Waals surface area (Å²) in [5, 5.41) is 14.8. The van der Waals surface area contributed by atoms with Crippen LogP contribution in [0, 0.1) is 17.0 Å². The van der Waals surface area contributed by atoms with E-state index in [0.717, 1.165) is 11.4 Å². The predicted octanol–water partition coefficient (Wildman–Crippen LogP) is 2.16. The number of carbonyl (C=O) groups is 2. The van der Waals surface area contributed by atoms with Crippen LogP contribution >= 0.6 is 0 Å². The molecule has 0 aliphatic rings. The fraction of sp³-hybridized carbons (Fsp3) is 0.0556. The number of non-ortho nitro benzene ring substituents is 1. The second kappa shape index (κ2) is 7.48. The predicted molar refractivity (Wildman–Crippen MR) is 96.3 cm³/mol. The van der Waals surface area contributed by atoms with Gasteiger partial charge in [0.25, 0.3) is 17.5 Å². The van der Waals surface area contributed by atoms with Crippen molar-refractivity contribution in [1.82, 2.24) is 20.6 Å². The second-order valence-corrected chi connectivity index (χ2v) is 5.64. The zero-order valence-corrected chi connectivity index (χ0v) is 14.2. The zero-order valence-electron chi connectivity index (χ0n) is 14.2. The van der Waals surface area contributed by atoms with Crippen molar-refractivity contribution < 1.29 is 14.5 Å². The maximum Gasteiger partial charge on any atom is 0.269 e. The summed E-state index contributed by atoms with van der Waals surface area (Å²) in [6.45, 7) is 1.92. The van der Waals surface area contributed by atoms with Crippen LogP contribution in [-0.4, -0.2) is 26.5 Å². The third-order valence-corrected chi connectivity index (χ3v) is 3.84. The van der Waals surface area contributed by atoms with Crippen molar-refractivity contribution in [3.05, 3.63) is 87.7 Å². The maximum atomic E-state index is 12.2. The van der Waals surface area contributed by atoms with Crippen molar-refractivity contribution in [3.8, 4) is 5.69 Å². The Morgan fingerprint density at radius 1 is 0.926 bits per heavy atom. The molecule has 3 aromatic rings. The van der Waals surface area contributed by atoms with Gasteiger partial charge in [0, 0.05) is 35.2 Å². The fourth-order valence-corrected chi connectivity index (χ4v) is 2.39. The van der Waals surface area contributed by atoms with Crippen LogP contribution in [0.3, 0.4) is 0 Å². The molecule has 1 heterocycles. The van der Waals surface area contributed by atoms with Crippen LogP contribution in [-0.2, 0) is 0 Å². The molecule has 27 heavy (non-hydrogen) atoms. The van der Waals surface area contributed by atoms with Gasteiger partial charge in [-0.15, -0.1) is 0 Å². The van der Waals surface area contributed by atoms with Gasteiger partial charge >= 0.3 is 0 Å². The number of amides is 2. The summed E-state index contributed by atoms with van der Waals surface area (Å²) in [6, 6.07) is 13.6. The smallest absolute Gasteiger partial charge is 0.267 e. The Hall–Kier alpha value is -4.01. The summed E-state index contributed by atoms with van der Waals surface area (Å²) in [5.41, 5.74) is 6.76. The summed E-state index contributed by atoms with van der Waals surface area (Å²) >= 11 is 0. The summed E-state index contributed by atoms with van der Waals surface area (Å²) in [7, 11) is 0. The topological polar surface area (TPSA) is 119 Å². The van der Waals surface area contributed by atoms with Crippen LogP contribution < -0.4 is 10.9 Å². The highest BCUT2D eigenvalue weighted by molar-refractivity contribution is 5.99. The van der Waals surface area contributed by atoms with E-state index < -0.39 is 16.7 Å². The number of hydrazine groups is 1. The third kappa shape index (κ3) is 3.98. The van der Waals surface area contributed by atoms with E-state index in [0.29, 0.717) is 5.56 Å². The number of nitro groups is 1. The SMILES string of the molecule is Cc1ccnn1-c1ccc(C(=O)NNC(=O)c2ccc([N+](=O)[O-])cc2)cc1. The molecule has 0 fully saturated rings. The monoisotopic (exact) mass is 365 g/mol. The Morgan fingerprint density at radius 3 is 1.89 bits per heavy atom. The van der Waals surface area contributed by atoms with Gasteiger partial charge in [-0.3, -0.25) is 30.6 Å². The first kappa shape index (κ1) is 17.8. The van der Waals surface area contributed by atoms with Crippen LogP contribution in [0.4, 0.5) is 5.69 Å². The number of aryl methyl sites for hydroxylation is 1. The Labute approximate surface area is 153 Å². The first-order chi connectivity index (χ1) is 13.0. The van der Waals surface area contributed by atoms with Gasteiger partial charge in [0.05, 0.1) is 10.6 Å². The van der Waals surface area contributed by atoms with E-state index in [1.165, 1.54) is 24.3 Å². The second-order valence-electron chi connectivity index (χ2n) is 5.64. The van der Waals surface area contributed by atoms with E-state index in [4.69, 9.17) is 0 Å². The minimum Gasteiger partial charge on any atom is -0.267 e. The molecule has 1 aromatic heterocycles. The lowest BCUT2D eigenvalue weighted by atomic mass is 10.2. The molecule has 0 atom stereocenters. The van der Waals surface area contributed by atoms with Crippen molar-refractivity contribution in [1.29, 1.82) is 0 Å². The number of benzene rings is 2. The zero-order chi connectivity index (χ0) is 19.4. The quantitative estimate of drug-likeness (QED) is 0.542. The van der Waals surface area contributed by atoms with Gasteiger partial charge in [-0.2, -0.15) is 5.10 Å². The normalized spacial score (nSPS) is 10.3. The summed E-state index contributed by atoms with van der Waals surface area (Å²) in [6.07, 6.45) is 1.68. The van der Waals surface area contributed by atoms with Crippen molar-refractivity contribution in [2.75, 3.05) is 0 Å². The van der Waals surface area contributed by atoms with Crippen LogP contribution in [0.2, 0.25) is 0 Å². The van der Waals surface area contributed by atoms with E-state index >= 15 is 0 Å². The van der Waals surface area contributed by atoms with E-state index in [2.05, 4.69) is 16.0 Å². The van der Waals surface area contributed by atoms with Gasteiger partial charge in [0.15, 0.2) is 0 Å². The van der Waals surface area contributed by atoms with Crippen LogP contribution in [0.15, 0.2) is 60.8 Å². The molecule has 0 aliphatic heterocycles. The highest BCUT2D eigenvalue weighted by atomic mass is 16.6. The number of nitrogens with zero attached hydrogens (tertiary/aromatic N) is 3. The minimum atomic E-state index is -0.581. The molecule has 0 saturated heterocycles. The minimum absolute atomic E-state index is 0.122. The molecule has 0 spiro atoms. The highest BCUT2D eigenvalue weighted by Gasteiger charge is 2.11.